The zero-order valence-electron chi connectivity index (χ0n) is 15.9. The number of aromatic nitrogens is 5. The molecule has 4 rings (SSSR count). The van der Waals surface area contributed by atoms with Crippen LogP contribution in [-0.2, 0) is 19.4 Å². The lowest BCUT2D eigenvalue weighted by atomic mass is 10.2. The number of hydrogen-bond acceptors (Lipinski definition) is 4. The lowest BCUT2D eigenvalue weighted by Crippen LogP contribution is -2.20. The van der Waals surface area contributed by atoms with E-state index in [0.717, 1.165) is 28.7 Å². The highest BCUT2D eigenvalue weighted by molar-refractivity contribution is 7.99. The van der Waals surface area contributed by atoms with E-state index in [1.165, 1.54) is 22.2 Å². The SMILES string of the molecule is CCSc1c(-n2c(=O)c3cc(C(F)(F)F)cnc3n2C)nc2ccc(C(F)(F)F)cn12. The fraction of sp³-hybridized carbons (Fsp3) is 0.278. The molecule has 0 amide bonds. The van der Waals surface area contributed by atoms with Crippen LogP contribution in [0.25, 0.3) is 22.5 Å². The smallest absolute Gasteiger partial charge is 0.292 e. The molecular weight excluding hydrogens is 448 g/mol. The van der Waals surface area contributed by atoms with Crippen LogP contribution in [0, 0.1) is 0 Å². The van der Waals surface area contributed by atoms with Gasteiger partial charge in [0.1, 0.15) is 10.7 Å². The van der Waals surface area contributed by atoms with Crippen LogP contribution < -0.4 is 5.56 Å². The third-order valence-corrected chi connectivity index (χ3v) is 5.53. The Morgan fingerprint density at radius 3 is 2.35 bits per heavy atom. The molecular formula is C18H13F6N5OS. The van der Waals surface area contributed by atoms with Gasteiger partial charge in [-0.15, -0.1) is 11.8 Å². The summed E-state index contributed by atoms with van der Waals surface area (Å²) in [5.74, 6) is 0.455. The van der Waals surface area contributed by atoms with E-state index in [2.05, 4.69) is 9.97 Å². The number of nitrogens with zero attached hydrogens (tertiary/aromatic N) is 5. The molecule has 0 aromatic carbocycles. The minimum absolute atomic E-state index is 0.00485. The second-order valence-electron chi connectivity index (χ2n) is 6.55. The van der Waals surface area contributed by atoms with Crippen molar-refractivity contribution in [3.63, 3.8) is 0 Å². The molecule has 0 atom stereocenters. The van der Waals surface area contributed by atoms with Crippen LogP contribution >= 0.6 is 11.8 Å². The van der Waals surface area contributed by atoms with Crippen LogP contribution in [0.1, 0.15) is 18.1 Å². The van der Waals surface area contributed by atoms with Gasteiger partial charge in [0, 0.05) is 19.4 Å². The number of aryl methyl sites for hydroxylation is 1. The molecule has 0 bridgehead atoms. The molecule has 0 fully saturated rings. The van der Waals surface area contributed by atoms with Crippen molar-refractivity contribution in [3.8, 4) is 5.82 Å². The Morgan fingerprint density at radius 2 is 1.74 bits per heavy atom. The molecule has 0 spiro atoms. The molecule has 0 aliphatic rings. The molecule has 6 nitrogen and oxygen atoms in total. The van der Waals surface area contributed by atoms with Crippen molar-refractivity contribution in [2.75, 3.05) is 5.75 Å². The second kappa shape index (κ2) is 7.04. The van der Waals surface area contributed by atoms with Gasteiger partial charge in [-0.05, 0) is 24.0 Å². The van der Waals surface area contributed by atoms with Gasteiger partial charge in [-0.25, -0.2) is 9.97 Å². The first-order valence-electron chi connectivity index (χ1n) is 8.81. The molecule has 0 aliphatic carbocycles. The van der Waals surface area contributed by atoms with Crippen molar-refractivity contribution in [2.45, 2.75) is 24.3 Å². The molecule has 0 saturated carbocycles. The van der Waals surface area contributed by atoms with Crippen LogP contribution in [0.3, 0.4) is 0 Å². The number of halogens is 6. The number of rotatable bonds is 3. The quantitative estimate of drug-likeness (QED) is 0.333. The summed E-state index contributed by atoms with van der Waals surface area (Å²) in [6.07, 6.45) is -7.78. The summed E-state index contributed by atoms with van der Waals surface area (Å²) < 4.78 is 82.1. The van der Waals surface area contributed by atoms with Gasteiger partial charge in [0.05, 0.1) is 16.5 Å². The van der Waals surface area contributed by atoms with E-state index in [0.29, 0.717) is 18.0 Å². The summed E-state index contributed by atoms with van der Waals surface area (Å²) in [6, 6.07) is 2.74. The van der Waals surface area contributed by atoms with Gasteiger partial charge in [0.25, 0.3) is 5.56 Å². The van der Waals surface area contributed by atoms with E-state index in [1.807, 2.05) is 0 Å². The predicted octanol–water partition coefficient (Wildman–Crippen LogP) is 4.52. The number of hydrogen-bond donors (Lipinski definition) is 0. The van der Waals surface area contributed by atoms with E-state index < -0.39 is 29.0 Å². The third-order valence-electron chi connectivity index (χ3n) is 4.59. The maximum absolute atomic E-state index is 13.2. The molecule has 0 saturated heterocycles. The second-order valence-corrected chi connectivity index (χ2v) is 7.80. The highest BCUT2D eigenvalue weighted by Gasteiger charge is 2.33. The van der Waals surface area contributed by atoms with Gasteiger partial charge in [-0.3, -0.25) is 13.9 Å². The van der Waals surface area contributed by atoms with E-state index >= 15 is 0 Å². The third kappa shape index (κ3) is 3.46. The highest BCUT2D eigenvalue weighted by atomic mass is 32.2. The predicted molar refractivity (Wildman–Crippen MR) is 101 cm³/mol. The standard InChI is InChI=1S/C18H13F6N5OS/c1-3-31-16-14(26-12-5-4-9(8-28(12)16)17(19,20)21)29-15(30)11-6-10(18(22,23)24)7-25-13(11)27(29)2/h4-8H,3H2,1-2H3. The fourth-order valence-corrected chi connectivity index (χ4v) is 4.02. The largest absolute Gasteiger partial charge is 0.417 e. The maximum Gasteiger partial charge on any atom is 0.417 e. The van der Waals surface area contributed by atoms with E-state index in [-0.39, 0.29) is 27.5 Å². The summed E-state index contributed by atoms with van der Waals surface area (Å²) in [5.41, 5.74) is -2.65. The molecule has 13 heteroatoms. The normalized spacial score (nSPS) is 12.9. The minimum Gasteiger partial charge on any atom is -0.292 e. The van der Waals surface area contributed by atoms with Crippen molar-refractivity contribution >= 4 is 28.4 Å². The van der Waals surface area contributed by atoms with Crippen molar-refractivity contribution in [2.24, 2.45) is 7.05 Å². The van der Waals surface area contributed by atoms with Gasteiger partial charge in [0.2, 0.25) is 0 Å². The van der Waals surface area contributed by atoms with Crippen molar-refractivity contribution in [3.05, 3.63) is 52.1 Å². The lowest BCUT2D eigenvalue weighted by molar-refractivity contribution is -0.138. The van der Waals surface area contributed by atoms with Gasteiger partial charge in [-0.1, -0.05) is 6.92 Å². The number of alkyl halides is 6. The highest BCUT2D eigenvalue weighted by Crippen LogP contribution is 2.33. The number of fused-ring (bicyclic) bond motifs is 2. The van der Waals surface area contributed by atoms with E-state index in [1.54, 1.807) is 6.92 Å². The van der Waals surface area contributed by atoms with Gasteiger partial charge in [0.15, 0.2) is 11.5 Å². The van der Waals surface area contributed by atoms with Crippen molar-refractivity contribution in [1.29, 1.82) is 0 Å². The Kier molecular flexibility index (Phi) is 4.83. The minimum atomic E-state index is -4.69. The zero-order chi connectivity index (χ0) is 22.7. The Hall–Kier alpha value is -2.96. The van der Waals surface area contributed by atoms with Crippen LogP contribution in [0.5, 0.6) is 0 Å². The van der Waals surface area contributed by atoms with Crippen LogP contribution in [0.2, 0.25) is 0 Å². The topological polar surface area (TPSA) is 57.1 Å². The van der Waals surface area contributed by atoms with Crippen molar-refractivity contribution < 1.29 is 26.3 Å². The molecule has 4 aromatic rings. The number of pyridine rings is 2. The summed E-state index contributed by atoms with van der Waals surface area (Å²) >= 11 is 1.15. The summed E-state index contributed by atoms with van der Waals surface area (Å²) in [5, 5.41) is -0.0366. The van der Waals surface area contributed by atoms with Gasteiger partial charge in [-0.2, -0.15) is 31.0 Å². The molecule has 31 heavy (non-hydrogen) atoms. The first-order valence-corrected chi connectivity index (χ1v) is 9.79. The van der Waals surface area contributed by atoms with Crippen LogP contribution in [-0.4, -0.2) is 29.5 Å². The molecule has 164 valence electrons. The van der Waals surface area contributed by atoms with Crippen LogP contribution in [0.4, 0.5) is 26.3 Å². The molecule has 0 aliphatic heterocycles. The van der Waals surface area contributed by atoms with Crippen LogP contribution in [0.15, 0.2) is 40.4 Å². The summed E-state index contributed by atoms with van der Waals surface area (Å²) in [6.45, 7) is 1.77. The zero-order valence-corrected chi connectivity index (χ0v) is 16.7. The fourth-order valence-electron chi connectivity index (χ4n) is 3.20. The average Bonchev–Trinajstić information content (AvgIpc) is 3.15. The Labute approximate surface area is 174 Å². The monoisotopic (exact) mass is 461 g/mol. The van der Waals surface area contributed by atoms with E-state index in [4.69, 9.17) is 0 Å². The Morgan fingerprint density at radius 1 is 1.06 bits per heavy atom. The van der Waals surface area contributed by atoms with Gasteiger partial charge < -0.3 is 0 Å². The molecule has 0 unspecified atom stereocenters. The first-order chi connectivity index (χ1) is 14.4. The molecule has 4 heterocycles. The maximum atomic E-state index is 13.2. The summed E-state index contributed by atoms with van der Waals surface area (Å²) in [7, 11) is 1.41. The Bertz CT molecular complexity index is 1360. The average molecular weight is 461 g/mol. The number of imidazole rings is 1. The molecule has 0 radical (unpaired) electrons. The molecule has 0 N–H and O–H groups in total. The number of thioether (sulfide) groups is 1. The van der Waals surface area contributed by atoms with Gasteiger partial charge >= 0.3 is 12.4 Å². The van der Waals surface area contributed by atoms with E-state index in [9.17, 15) is 31.1 Å². The van der Waals surface area contributed by atoms with Crippen molar-refractivity contribution in [1.82, 2.24) is 23.7 Å². The lowest BCUT2D eigenvalue weighted by Gasteiger charge is -2.09. The first kappa shape index (κ1) is 21.3. The Balaban J connectivity index is 2.02. The molecule has 4 aromatic heterocycles. The summed E-state index contributed by atoms with van der Waals surface area (Å²) in [4.78, 5) is 21.0.